The molecular weight excluding hydrogens is 480 g/mol. The third-order valence-electron chi connectivity index (χ3n) is 6.32. The summed E-state index contributed by atoms with van der Waals surface area (Å²) in [4.78, 5) is 32.8. The highest BCUT2D eigenvalue weighted by Crippen LogP contribution is 2.45. The second-order valence-corrected chi connectivity index (χ2v) is 9.91. The van der Waals surface area contributed by atoms with Gasteiger partial charge in [-0.05, 0) is 68.3 Å². The van der Waals surface area contributed by atoms with Crippen LogP contribution in [-0.4, -0.2) is 35.0 Å². The molecule has 8 nitrogen and oxygen atoms in total. The van der Waals surface area contributed by atoms with E-state index in [1.807, 2.05) is 26.0 Å². The summed E-state index contributed by atoms with van der Waals surface area (Å²) in [7, 11) is 0. The van der Waals surface area contributed by atoms with Crippen LogP contribution in [0.2, 0.25) is 0 Å². The molecule has 36 heavy (non-hydrogen) atoms. The fraction of sp³-hybridized carbons (Fsp3) is 0.222. The second-order valence-electron chi connectivity index (χ2n) is 8.90. The number of aromatic nitrogens is 1. The fourth-order valence-electron chi connectivity index (χ4n) is 4.71. The van der Waals surface area contributed by atoms with E-state index in [1.54, 1.807) is 37.3 Å². The summed E-state index contributed by atoms with van der Waals surface area (Å²) >= 11 is 1.32. The van der Waals surface area contributed by atoms with Crippen LogP contribution in [0.5, 0.6) is 11.5 Å². The molecule has 0 bridgehead atoms. The number of furan rings is 1. The standard InChI is InChI=1S/C27H22N2O6S/c1-13-10-14(2)22-20(11-13)36-27(28-22)29-23(18-6-4-15(3)35-18)21(25(31)26(29)32)24(30)16-5-7-17-19(12-16)34-9-8-33-17/h4-7,10-12,23,30H,8-9H2,1-3H3. The quantitative estimate of drug-likeness (QED) is 0.233. The number of Topliss-reactive ketones (excluding diaryl/α,β-unsaturated/α-hetero) is 1. The predicted molar refractivity (Wildman–Crippen MR) is 135 cm³/mol. The fourth-order valence-corrected chi connectivity index (χ4v) is 5.88. The number of hydrogen-bond acceptors (Lipinski definition) is 8. The van der Waals surface area contributed by atoms with Gasteiger partial charge in [0.2, 0.25) is 0 Å². The van der Waals surface area contributed by atoms with E-state index in [0.29, 0.717) is 46.9 Å². The topological polar surface area (TPSA) is 102 Å². The van der Waals surface area contributed by atoms with Gasteiger partial charge in [-0.1, -0.05) is 17.4 Å². The number of rotatable bonds is 3. The van der Waals surface area contributed by atoms with Crippen molar-refractivity contribution in [2.75, 3.05) is 18.1 Å². The average Bonchev–Trinajstić information content (AvgIpc) is 3.54. The molecule has 182 valence electrons. The average molecular weight is 503 g/mol. The van der Waals surface area contributed by atoms with E-state index in [4.69, 9.17) is 18.9 Å². The molecule has 4 heterocycles. The lowest BCUT2D eigenvalue weighted by Gasteiger charge is -2.21. The van der Waals surface area contributed by atoms with Crippen molar-refractivity contribution in [2.24, 2.45) is 0 Å². The number of hydrogen-bond donors (Lipinski definition) is 1. The van der Waals surface area contributed by atoms with Crippen LogP contribution in [0.1, 0.15) is 34.3 Å². The summed E-state index contributed by atoms with van der Waals surface area (Å²) in [6.07, 6.45) is 0. The SMILES string of the molecule is Cc1cc(C)c2nc(N3C(=O)C(=O)C(=C(O)c4ccc5c(c4)OCCO5)C3c3ccc(C)o3)sc2c1. The van der Waals surface area contributed by atoms with E-state index in [1.165, 1.54) is 16.2 Å². The Bertz CT molecular complexity index is 1600. The highest BCUT2D eigenvalue weighted by molar-refractivity contribution is 7.22. The molecular formula is C27H22N2O6S. The van der Waals surface area contributed by atoms with Crippen LogP contribution in [0, 0.1) is 20.8 Å². The molecule has 2 aromatic carbocycles. The highest BCUT2D eigenvalue weighted by atomic mass is 32.1. The van der Waals surface area contributed by atoms with Gasteiger partial charge < -0.3 is 19.0 Å². The zero-order valence-electron chi connectivity index (χ0n) is 19.8. The van der Waals surface area contributed by atoms with Gasteiger partial charge >= 0.3 is 5.91 Å². The zero-order valence-corrected chi connectivity index (χ0v) is 20.6. The van der Waals surface area contributed by atoms with Crippen molar-refractivity contribution in [3.8, 4) is 11.5 Å². The van der Waals surface area contributed by atoms with Crippen LogP contribution in [0.25, 0.3) is 16.0 Å². The summed E-state index contributed by atoms with van der Waals surface area (Å²) in [6.45, 7) is 6.55. The van der Waals surface area contributed by atoms with Crippen molar-refractivity contribution >= 4 is 44.1 Å². The third-order valence-corrected chi connectivity index (χ3v) is 7.32. The van der Waals surface area contributed by atoms with Gasteiger partial charge in [-0.2, -0.15) is 0 Å². The Kier molecular flexibility index (Phi) is 5.11. The number of carbonyl (C=O) groups is 2. The molecule has 0 spiro atoms. The molecule has 2 aliphatic heterocycles. The highest BCUT2D eigenvalue weighted by Gasteiger charge is 2.49. The maximum absolute atomic E-state index is 13.4. The molecule has 1 unspecified atom stereocenters. The van der Waals surface area contributed by atoms with Crippen LogP contribution in [0.4, 0.5) is 5.13 Å². The van der Waals surface area contributed by atoms with Gasteiger partial charge in [-0.3, -0.25) is 14.5 Å². The van der Waals surface area contributed by atoms with E-state index in [9.17, 15) is 14.7 Å². The minimum absolute atomic E-state index is 0.0711. The molecule has 1 N–H and O–H groups in total. The normalized spacial score (nSPS) is 18.9. The molecule has 1 atom stereocenters. The molecule has 0 aliphatic carbocycles. The Morgan fingerprint density at radius 3 is 2.56 bits per heavy atom. The van der Waals surface area contributed by atoms with Crippen LogP contribution in [0.3, 0.4) is 0 Å². The number of carbonyl (C=O) groups excluding carboxylic acids is 2. The van der Waals surface area contributed by atoms with Gasteiger partial charge in [-0.25, -0.2) is 4.98 Å². The Balaban J connectivity index is 1.54. The molecule has 0 radical (unpaired) electrons. The first kappa shape index (κ1) is 22.4. The number of fused-ring (bicyclic) bond motifs is 2. The first-order chi connectivity index (χ1) is 17.3. The number of thiazole rings is 1. The van der Waals surface area contributed by atoms with Crippen molar-refractivity contribution in [2.45, 2.75) is 26.8 Å². The van der Waals surface area contributed by atoms with E-state index < -0.39 is 17.7 Å². The van der Waals surface area contributed by atoms with Crippen molar-refractivity contribution in [3.63, 3.8) is 0 Å². The first-order valence-electron chi connectivity index (χ1n) is 11.5. The minimum Gasteiger partial charge on any atom is -0.507 e. The Morgan fingerprint density at radius 1 is 1.03 bits per heavy atom. The van der Waals surface area contributed by atoms with Gasteiger partial charge in [0.05, 0.1) is 15.8 Å². The molecule has 1 amide bonds. The Labute approximate surface area is 210 Å². The first-order valence-corrected chi connectivity index (χ1v) is 12.3. The molecule has 6 rings (SSSR count). The predicted octanol–water partition coefficient (Wildman–Crippen LogP) is 5.21. The number of amides is 1. The summed E-state index contributed by atoms with van der Waals surface area (Å²) in [5, 5.41) is 11.7. The Hall–Kier alpha value is -4.11. The van der Waals surface area contributed by atoms with Gasteiger partial charge in [0.1, 0.15) is 36.5 Å². The van der Waals surface area contributed by atoms with Crippen molar-refractivity contribution in [1.82, 2.24) is 4.98 Å². The third kappa shape index (κ3) is 3.46. The van der Waals surface area contributed by atoms with Crippen molar-refractivity contribution in [1.29, 1.82) is 0 Å². The second kappa shape index (κ2) is 8.23. The molecule has 2 aliphatic rings. The van der Waals surface area contributed by atoms with Crippen LogP contribution >= 0.6 is 11.3 Å². The van der Waals surface area contributed by atoms with E-state index >= 15 is 0 Å². The van der Waals surface area contributed by atoms with Crippen molar-refractivity contribution < 1.29 is 28.6 Å². The summed E-state index contributed by atoms with van der Waals surface area (Å²) < 4.78 is 18.0. The number of aliphatic hydroxyl groups is 1. The van der Waals surface area contributed by atoms with Crippen LogP contribution < -0.4 is 14.4 Å². The number of nitrogens with zero attached hydrogens (tertiary/aromatic N) is 2. The summed E-state index contributed by atoms with van der Waals surface area (Å²) in [5.41, 5.74) is 3.09. The number of ether oxygens (including phenoxy) is 2. The van der Waals surface area contributed by atoms with Crippen LogP contribution in [-0.2, 0) is 9.59 Å². The van der Waals surface area contributed by atoms with Gasteiger partial charge in [0.25, 0.3) is 5.78 Å². The summed E-state index contributed by atoms with van der Waals surface area (Å²) in [5.74, 6) is 0.0809. The van der Waals surface area contributed by atoms with E-state index in [-0.39, 0.29) is 11.3 Å². The van der Waals surface area contributed by atoms with Gasteiger partial charge in [-0.15, -0.1) is 0 Å². The lowest BCUT2D eigenvalue weighted by atomic mass is 9.99. The molecule has 4 aromatic rings. The van der Waals surface area contributed by atoms with Crippen molar-refractivity contribution in [3.05, 3.63) is 76.2 Å². The van der Waals surface area contributed by atoms with Crippen LogP contribution in [0.15, 0.2) is 52.5 Å². The molecule has 1 saturated heterocycles. The summed E-state index contributed by atoms with van der Waals surface area (Å²) in [6, 6.07) is 11.4. The maximum atomic E-state index is 13.4. The zero-order chi connectivity index (χ0) is 25.1. The molecule has 1 fully saturated rings. The lowest BCUT2D eigenvalue weighted by Crippen LogP contribution is -2.29. The van der Waals surface area contributed by atoms with E-state index in [2.05, 4.69) is 0 Å². The number of benzene rings is 2. The minimum atomic E-state index is -0.978. The number of ketones is 1. The number of aryl methyl sites for hydroxylation is 3. The van der Waals surface area contributed by atoms with E-state index in [0.717, 1.165) is 21.3 Å². The van der Waals surface area contributed by atoms with Gasteiger partial charge in [0, 0.05) is 5.56 Å². The molecule has 9 heteroatoms. The number of aliphatic hydroxyl groups excluding tert-OH is 1. The number of anilines is 1. The monoisotopic (exact) mass is 502 g/mol. The molecule has 0 saturated carbocycles. The maximum Gasteiger partial charge on any atom is 0.302 e. The lowest BCUT2D eigenvalue weighted by molar-refractivity contribution is -0.132. The molecule has 2 aromatic heterocycles. The largest absolute Gasteiger partial charge is 0.507 e. The van der Waals surface area contributed by atoms with Gasteiger partial charge in [0.15, 0.2) is 16.6 Å². The smallest absolute Gasteiger partial charge is 0.302 e. The Morgan fingerprint density at radius 2 is 1.81 bits per heavy atom.